The lowest BCUT2D eigenvalue weighted by molar-refractivity contribution is 0.0940. The van der Waals surface area contributed by atoms with Crippen LogP contribution in [-0.4, -0.2) is 36.1 Å². The van der Waals surface area contributed by atoms with Gasteiger partial charge in [-0.3, -0.25) is 9.00 Å². The van der Waals surface area contributed by atoms with Crippen LogP contribution in [0.2, 0.25) is 0 Å². The fraction of sp³-hybridized carbons (Fsp3) is 0.562. The Bertz CT molecular complexity index is 463. The van der Waals surface area contributed by atoms with Crippen molar-refractivity contribution in [1.82, 2.24) is 5.32 Å². The Morgan fingerprint density at radius 2 is 2.05 bits per heavy atom. The summed E-state index contributed by atoms with van der Waals surface area (Å²) in [4.78, 5) is 12.0. The van der Waals surface area contributed by atoms with E-state index < -0.39 is 10.8 Å². The van der Waals surface area contributed by atoms with Crippen molar-refractivity contribution in [2.24, 2.45) is 0 Å². The predicted molar refractivity (Wildman–Crippen MR) is 86.9 cm³/mol. The Balaban J connectivity index is 2.30. The number of carbonyl (C=O) groups is 1. The van der Waals surface area contributed by atoms with Crippen LogP contribution < -0.4 is 5.32 Å². The highest BCUT2D eigenvalue weighted by Crippen LogP contribution is 2.07. The zero-order valence-electron chi connectivity index (χ0n) is 12.9. The van der Waals surface area contributed by atoms with Crippen molar-refractivity contribution in [2.45, 2.75) is 31.9 Å². The number of carbonyl (C=O) groups excluding carboxylic acids is 1. The van der Waals surface area contributed by atoms with E-state index in [2.05, 4.69) is 12.2 Å². The Kier molecular flexibility index (Phi) is 8.94. The van der Waals surface area contributed by atoms with E-state index in [0.717, 1.165) is 31.4 Å². The molecule has 0 aliphatic heterocycles. The number of hydrogen-bond donors (Lipinski definition) is 1. The summed E-state index contributed by atoms with van der Waals surface area (Å²) in [7, 11) is -0.897. The highest BCUT2D eigenvalue weighted by Gasteiger charge is 2.06. The summed E-state index contributed by atoms with van der Waals surface area (Å²) in [6.07, 6.45) is 4.69. The monoisotopic (exact) mass is 311 g/mol. The third kappa shape index (κ3) is 7.97. The van der Waals surface area contributed by atoms with Gasteiger partial charge in [-0.05, 0) is 30.5 Å². The molecule has 0 spiro atoms. The van der Waals surface area contributed by atoms with Gasteiger partial charge in [-0.25, -0.2) is 0 Å². The number of unbranched alkanes of at least 4 members (excludes halogenated alkanes) is 1. The van der Waals surface area contributed by atoms with Gasteiger partial charge in [-0.1, -0.05) is 25.5 Å². The number of ether oxygens (including phenoxy) is 1. The van der Waals surface area contributed by atoms with Gasteiger partial charge >= 0.3 is 0 Å². The molecular weight excluding hydrogens is 286 g/mol. The van der Waals surface area contributed by atoms with E-state index in [1.54, 1.807) is 18.4 Å². The molecule has 118 valence electrons. The average Bonchev–Trinajstić information content (AvgIpc) is 2.45. The number of rotatable bonds is 10. The van der Waals surface area contributed by atoms with E-state index in [4.69, 9.17) is 4.74 Å². The largest absolute Gasteiger partial charge is 0.381 e. The second-order valence-corrected chi connectivity index (χ2v) is 6.43. The maximum absolute atomic E-state index is 12.0. The van der Waals surface area contributed by atoms with Crippen LogP contribution in [0.1, 0.15) is 42.1 Å². The van der Waals surface area contributed by atoms with Crippen molar-refractivity contribution in [3.05, 3.63) is 35.4 Å². The highest BCUT2D eigenvalue weighted by molar-refractivity contribution is 7.83. The molecule has 1 aromatic rings. The minimum absolute atomic E-state index is 0.0905. The Morgan fingerprint density at radius 1 is 1.29 bits per heavy atom. The molecule has 0 saturated heterocycles. The summed E-state index contributed by atoms with van der Waals surface area (Å²) in [5, 5.41) is 2.88. The molecule has 0 radical (unpaired) electrons. The van der Waals surface area contributed by atoms with Crippen LogP contribution in [0.3, 0.4) is 0 Å². The molecule has 5 heteroatoms. The van der Waals surface area contributed by atoms with Gasteiger partial charge in [-0.15, -0.1) is 0 Å². The van der Waals surface area contributed by atoms with Gasteiger partial charge in [0.2, 0.25) is 0 Å². The van der Waals surface area contributed by atoms with Gasteiger partial charge in [0.15, 0.2) is 0 Å². The van der Waals surface area contributed by atoms with Gasteiger partial charge in [0.05, 0.1) is 0 Å². The van der Waals surface area contributed by atoms with E-state index >= 15 is 0 Å². The van der Waals surface area contributed by atoms with Gasteiger partial charge in [0, 0.05) is 48.1 Å². The van der Waals surface area contributed by atoms with Crippen molar-refractivity contribution < 1.29 is 13.7 Å². The Hall–Kier alpha value is -1.20. The van der Waals surface area contributed by atoms with Crippen molar-refractivity contribution in [3.8, 4) is 0 Å². The van der Waals surface area contributed by atoms with Crippen LogP contribution in [0, 0.1) is 0 Å². The SMILES string of the molecule is CCCCOCCCNC(=O)c1cccc(CS(C)=O)c1. The predicted octanol–water partition coefficient (Wildman–Crippen LogP) is 2.50. The molecule has 1 unspecified atom stereocenters. The van der Waals surface area contributed by atoms with Crippen molar-refractivity contribution in [2.75, 3.05) is 26.0 Å². The molecule has 1 atom stereocenters. The molecule has 0 aliphatic rings. The molecule has 0 aliphatic carbocycles. The van der Waals surface area contributed by atoms with Crippen LogP contribution in [0.25, 0.3) is 0 Å². The Morgan fingerprint density at radius 3 is 2.76 bits per heavy atom. The molecule has 0 heterocycles. The molecule has 0 aromatic heterocycles. The number of nitrogens with one attached hydrogen (secondary N) is 1. The van der Waals surface area contributed by atoms with Crippen LogP contribution in [-0.2, 0) is 21.3 Å². The molecular formula is C16H25NO3S. The summed E-state index contributed by atoms with van der Waals surface area (Å²) < 4.78 is 16.6. The smallest absolute Gasteiger partial charge is 0.251 e. The van der Waals surface area contributed by atoms with Crippen molar-refractivity contribution >= 4 is 16.7 Å². The third-order valence-electron chi connectivity index (χ3n) is 2.95. The topological polar surface area (TPSA) is 55.4 Å². The fourth-order valence-electron chi connectivity index (χ4n) is 1.86. The van der Waals surface area contributed by atoms with E-state index in [-0.39, 0.29) is 5.91 Å². The maximum atomic E-state index is 12.0. The molecule has 0 saturated carbocycles. The lowest BCUT2D eigenvalue weighted by atomic mass is 10.1. The molecule has 0 bridgehead atoms. The zero-order valence-corrected chi connectivity index (χ0v) is 13.7. The first-order valence-electron chi connectivity index (χ1n) is 7.38. The molecule has 21 heavy (non-hydrogen) atoms. The first-order chi connectivity index (χ1) is 10.1. The van der Waals surface area contributed by atoms with Gasteiger partial charge in [0.1, 0.15) is 0 Å². The Labute approximate surface area is 129 Å². The second kappa shape index (κ2) is 10.5. The van der Waals surface area contributed by atoms with E-state index in [0.29, 0.717) is 24.5 Å². The molecule has 1 amide bonds. The molecule has 1 rings (SSSR count). The standard InChI is InChI=1S/C16H25NO3S/c1-3-4-10-20-11-6-9-17-16(18)15-8-5-7-14(12-15)13-21(2)19/h5,7-8,12H,3-4,6,9-11,13H2,1-2H3,(H,17,18). The highest BCUT2D eigenvalue weighted by atomic mass is 32.2. The van der Waals surface area contributed by atoms with Gasteiger partial charge < -0.3 is 10.1 Å². The average molecular weight is 311 g/mol. The summed E-state index contributed by atoms with van der Waals surface area (Å²) in [5.41, 5.74) is 1.54. The van der Waals surface area contributed by atoms with Crippen molar-refractivity contribution in [3.63, 3.8) is 0 Å². The van der Waals surface area contributed by atoms with Crippen LogP contribution in [0.5, 0.6) is 0 Å². The minimum atomic E-state index is -0.897. The number of hydrogen-bond acceptors (Lipinski definition) is 3. The zero-order chi connectivity index (χ0) is 15.5. The second-order valence-electron chi connectivity index (χ2n) is 4.99. The first kappa shape index (κ1) is 17.9. The van der Waals surface area contributed by atoms with Crippen LogP contribution >= 0.6 is 0 Å². The fourth-order valence-corrected chi connectivity index (χ4v) is 2.51. The molecule has 0 fully saturated rings. The minimum Gasteiger partial charge on any atom is -0.381 e. The summed E-state index contributed by atoms with van der Waals surface area (Å²) in [5.74, 6) is 0.388. The number of benzene rings is 1. The molecule has 1 aromatic carbocycles. The van der Waals surface area contributed by atoms with Crippen LogP contribution in [0.15, 0.2) is 24.3 Å². The van der Waals surface area contributed by atoms with Crippen LogP contribution in [0.4, 0.5) is 0 Å². The quantitative estimate of drug-likeness (QED) is 0.676. The lowest BCUT2D eigenvalue weighted by Crippen LogP contribution is -2.25. The van der Waals surface area contributed by atoms with E-state index in [1.165, 1.54) is 0 Å². The number of amides is 1. The summed E-state index contributed by atoms with van der Waals surface area (Å²) in [6, 6.07) is 7.29. The molecule has 1 N–H and O–H groups in total. The summed E-state index contributed by atoms with van der Waals surface area (Å²) >= 11 is 0. The van der Waals surface area contributed by atoms with E-state index in [9.17, 15) is 9.00 Å². The van der Waals surface area contributed by atoms with E-state index in [1.807, 2.05) is 12.1 Å². The van der Waals surface area contributed by atoms with Crippen molar-refractivity contribution in [1.29, 1.82) is 0 Å². The summed E-state index contributed by atoms with van der Waals surface area (Å²) in [6.45, 7) is 4.20. The molecule has 4 nitrogen and oxygen atoms in total. The normalized spacial score (nSPS) is 12.1. The van der Waals surface area contributed by atoms with Gasteiger partial charge in [-0.2, -0.15) is 0 Å². The first-order valence-corrected chi connectivity index (χ1v) is 9.11. The maximum Gasteiger partial charge on any atom is 0.251 e. The van der Waals surface area contributed by atoms with Gasteiger partial charge in [0.25, 0.3) is 5.91 Å². The lowest BCUT2D eigenvalue weighted by Gasteiger charge is -2.07. The third-order valence-corrected chi connectivity index (χ3v) is 3.69.